The third kappa shape index (κ3) is 5.41. The first-order valence-corrected chi connectivity index (χ1v) is 19.1. The summed E-state index contributed by atoms with van der Waals surface area (Å²) in [6.45, 7) is 2.21. The fourth-order valence-corrected chi connectivity index (χ4v) is 8.31. The minimum absolute atomic E-state index is 1.04. The SMILES string of the molecule is CBc1ccc(-c2ccc3c(c2)c2cc(-c4ccc5c(c4)c4cc(-c6ccc(Br)cc6)ccc4n5-c4ccccc4)ccc2n3-c2ccccc2)cc1. The van der Waals surface area contributed by atoms with E-state index in [1.807, 2.05) is 0 Å². The maximum Gasteiger partial charge on any atom is 0.154 e. The number of aromatic nitrogens is 2. The largest absolute Gasteiger partial charge is 0.309 e. The molecular weight excluding hydrogens is 707 g/mol. The van der Waals surface area contributed by atoms with Gasteiger partial charge in [0.05, 0.1) is 22.1 Å². The van der Waals surface area contributed by atoms with Gasteiger partial charge in [-0.1, -0.05) is 125 Å². The van der Waals surface area contributed by atoms with Crippen LogP contribution in [0, 0.1) is 0 Å². The van der Waals surface area contributed by atoms with Crippen LogP contribution < -0.4 is 5.46 Å². The van der Waals surface area contributed by atoms with E-state index in [4.69, 9.17) is 0 Å². The number of hydrogen-bond donors (Lipinski definition) is 0. The first-order chi connectivity index (χ1) is 26.1. The standard InChI is InChI=1S/C49H34BBrN2/c1-50-38-20-12-32(13-21-38)34-16-24-46-42(28-34)44-30-36(18-26-48(44)52(46)40-8-4-2-5-9-40)37-19-27-49-45(31-37)43-29-35(33-14-22-39(51)23-15-33)17-25-47(43)53(49)41-10-6-3-7-11-41/h2-31,50H,1H3. The highest BCUT2D eigenvalue weighted by atomic mass is 79.9. The van der Waals surface area contributed by atoms with E-state index in [1.165, 1.54) is 82.5 Å². The number of nitrogens with zero attached hydrogens (tertiary/aromatic N) is 2. The molecule has 250 valence electrons. The highest BCUT2D eigenvalue weighted by Crippen LogP contribution is 2.40. The lowest BCUT2D eigenvalue weighted by atomic mass is 9.73. The Labute approximate surface area is 318 Å². The van der Waals surface area contributed by atoms with Crippen LogP contribution >= 0.6 is 15.9 Å². The Balaban J connectivity index is 1.18. The fraction of sp³-hybridized carbons (Fsp3) is 0.0204. The summed E-state index contributed by atoms with van der Waals surface area (Å²) < 4.78 is 5.88. The van der Waals surface area contributed by atoms with Crippen molar-refractivity contribution in [3.05, 3.63) is 186 Å². The van der Waals surface area contributed by atoms with Gasteiger partial charge in [0.2, 0.25) is 0 Å². The highest BCUT2D eigenvalue weighted by molar-refractivity contribution is 9.10. The molecule has 4 heteroatoms. The summed E-state index contributed by atoms with van der Waals surface area (Å²) in [6, 6.07) is 66.8. The summed E-state index contributed by atoms with van der Waals surface area (Å²) in [7, 11) is 1.04. The molecule has 0 fully saturated rings. The molecule has 0 aliphatic rings. The third-order valence-corrected chi connectivity index (χ3v) is 11.3. The van der Waals surface area contributed by atoms with Crippen molar-refractivity contribution >= 4 is 72.3 Å². The van der Waals surface area contributed by atoms with Crippen LogP contribution in [0.5, 0.6) is 0 Å². The van der Waals surface area contributed by atoms with Crippen molar-refractivity contribution in [2.45, 2.75) is 6.82 Å². The molecule has 0 aliphatic heterocycles. The second-order valence-electron chi connectivity index (χ2n) is 13.8. The first-order valence-electron chi connectivity index (χ1n) is 18.3. The van der Waals surface area contributed by atoms with Crippen molar-refractivity contribution in [1.82, 2.24) is 9.13 Å². The highest BCUT2D eigenvalue weighted by Gasteiger charge is 2.17. The second kappa shape index (κ2) is 12.8. The van der Waals surface area contributed by atoms with Crippen molar-refractivity contribution in [2.75, 3.05) is 0 Å². The zero-order chi connectivity index (χ0) is 35.5. The summed E-state index contributed by atoms with van der Waals surface area (Å²) in [5.74, 6) is 0. The molecule has 2 nitrogen and oxygen atoms in total. The lowest BCUT2D eigenvalue weighted by Gasteiger charge is -2.09. The van der Waals surface area contributed by atoms with Gasteiger partial charge in [0.25, 0.3) is 0 Å². The van der Waals surface area contributed by atoms with Gasteiger partial charge >= 0.3 is 0 Å². The Kier molecular flexibility index (Phi) is 7.66. The second-order valence-corrected chi connectivity index (χ2v) is 14.7. The molecule has 10 rings (SSSR count). The topological polar surface area (TPSA) is 9.86 Å². The first kappa shape index (κ1) is 31.6. The molecule has 0 saturated heterocycles. The van der Waals surface area contributed by atoms with Gasteiger partial charge in [0.1, 0.15) is 0 Å². The molecular formula is C49H34BBrN2. The molecule has 0 atom stereocenters. The van der Waals surface area contributed by atoms with Crippen LogP contribution in [0.25, 0.3) is 88.4 Å². The number of para-hydroxylation sites is 2. The van der Waals surface area contributed by atoms with Crippen LogP contribution in [0.1, 0.15) is 0 Å². The van der Waals surface area contributed by atoms with Crippen LogP contribution in [-0.4, -0.2) is 16.4 Å². The maximum absolute atomic E-state index is 3.61. The average Bonchev–Trinajstić information content (AvgIpc) is 3.73. The number of halogens is 1. The van der Waals surface area contributed by atoms with Gasteiger partial charge in [-0.15, -0.1) is 0 Å². The molecule has 0 unspecified atom stereocenters. The molecule has 0 radical (unpaired) electrons. The molecule has 0 N–H and O–H groups in total. The quantitative estimate of drug-likeness (QED) is 0.150. The van der Waals surface area contributed by atoms with E-state index in [0.717, 1.165) is 23.1 Å². The molecule has 0 saturated carbocycles. The summed E-state index contributed by atoms with van der Waals surface area (Å²) in [4.78, 5) is 0. The fourth-order valence-electron chi connectivity index (χ4n) is 8.05. The van der Waals surface area contributed by atoms with Crippen molar-refractivity contribution in [3.63, 3.8) is 0 Å². The van der Waals surface area contributed by atoms with Gasteiger partial charge in [-0.2, -0.15) is 0 Å². The molecule has 2 aromatic heterocycles. The van der Waals surface area contributed by atoms with Crippen LogP contribution in [0.2, 0.25) is 6.82 Å². The van der Waals surface area contributed by atoms with Gasteiger partial charge in [-0.05, 0) is 118 Å². The molecule has 0 amide bonds. The normalized spacial score (nSPS) is 11.6. The van der Waals surface area contributed by atoms with E-state index in [2.05, 4.69) is 214 Å². The Bertz CT molecular complexity index is 2960. The minimum Gasteiger partial charge on any atom is -0.309 e. The van der Waals surface area contributed by atoms with Gasteiger partial charge in [-0.3, -0.25) is 0 Å². The van der Waals surface area contributed by atoms with Crippen LogP contribution in [-0.2, 0) is 0 Å². The molecule has 8 aromatic carbocycles. The predicted octanol–water partition coefficient (Wildman–Crippen LogP) is 12.8. The van der Waals surface area contributed by atoms with Crippen molar-refractivity contribution in [2.24, 2.45) is 0 Å². The van der Waals surface area contributed by atoms with E-state index >= 15 is 0 Å². The van der Waals surface area contributed by atoms with E-state index in [1.54, 1.807) is 0 Å². The summed E-state index contributed by atoms with van der Waals surface area (Å²) in [5, 5.41) is 4.98. The zero-order valence-corrected chi connectivity index (χ0v) is 30.9. The molecule has 2 heterocycles. The Morgan fingerprint density at radius 1 is 0.358 bits per heavy atom. The van der Waals surface area contributed by atoms with Crippen molar-refractivity contribution in [3.8, 4) is 44.8 Å². The summed E-state index contributed by atoms with van der Waals surface area (Å²) in [5.41, 5.74) is 15.8. The Morgan fingerprint density at radius 2 is 0.679 bits per heavy atom. The molecule has 53 heavy (non-hydrogen) atoms. The van der Waals surface area contributed by atoms with Crippen molar-refractivity contribution in [1.29, 1.82) is 0 Å². The lowest BCUT2D eigenvalue weighted by molar-refractivity contribution is 1.18. The smallest absolute Gasteiger partial charge is 0.154 e. The minimum atomic E-state index is 1.04. The molecule has 0 spiro atoms. The van der Waals surface area contributed by atoms with E-state index in [0.29, 0.717) is 0 Å². The monoisotopic (exact) mass is 740 g/mol. The Hall–Kier alpha value is -6.10. The van der Waals surface area contributed by atoms with Crippen LogP contribution in [0.3, 0.4) is 0 Å². The van der Waals surface area contributed by atoms with E-state index in [-0.39, 0.29) is 0 Å². The van der Waals surface area contributed by atoms with Gasteiger partial charge in [0, 0.05) is 37.4 Å². The maximum atomic E-state index is 3.61. The Morgan fingerprint density at radius 3 is 1.04 bits per heavy atom. The average molecular weight is 742 g/mol. The zero-order valence-electron chi connectivity index (χ0n) is 29.3. The summed E-state index contributed by atoms with van der Waals surface area (Å²) >= 11 is 3.61. The van der Waals surface area contributed by atoms with Crippen LogP contribution in [0.15, 0.2) is 186 Å². The molecule has 0 bridgehead atoms. The van der Waals surface area contributed by atoms with Crippen molar-refractivity contribution < 1.29 is 0 Å². The number of rotatable bonds is 6. The van der Waals surface area contributed by atoms with E-state index < -0.39 is 0 Å². The summed E-state index contributed by atoms with van der Waals surface area (Å²) in [6.07, 6.45) is 0. The van der Waals surface area contributed by atoms with Gasteiger partial charge in [-0.25, -0.2) is 0 Å². The third-order valence-electron chi connectivity index (χ3n) is 10.8. The number of fused-ring (bicyclic) bond motifs is 6. The van der Waals surface area contributed by atoms with Gasteiger partial charge in [0.15, 0.2) is 7.28 Å². The lowest BCUT2D eigenvalue weighted by Crippen LogP contribution is -2.08. The number of benzene rings is 8. The van der Waals surface area contributed by atoms with E-state index in [9.17, 15) is 0 Å². The van der Waals surface area contributed by atoms with Gasteiger partial charge < -0.3 is 9.13 Å². The predicted molar refractivity (Wildman–Crippen MR) is 232 cm³/mol. The van der Waals surface area contributed by atoms with Crippen LogP contribution in [0.4, 0.5) is 0 Å². The molecule has 10 aromatic rings. The molecule has 0 aliphatic carbocycles. The number of hydrogen-bond acceptors (Lipinski definition) is 0.